The molecule has 4 nitrogen and oxygen atoms in total. The first-order valence-corrected chi connectivity index (χ1v) is 5.56. The van der Waals surface area contributed by atoms with Gasteiger partial charge in [0.15, 0.2) is 6.10 Å². The van der Waals surface area contributed by atoms with Crippen LogP contribution in [0.3, 0.4) is 0 Å². The maximum Gasteiger partial charge on any atom is 0.174 e. The van der Waals surface area contributed by atoms with Crippen LogP contribution < -0.4 is 4.74 Å². The molecule has 0 aliphatic heterocycles. The van der Waals surface area contributed by atoms with Gasteiger partial charge < -0.3 is 14.6 Å². The average Bonchev–Trinajstić information content (AvgIpc) is 2.35. The molecule has 1 atom stereocenters. The van der Waals surface area contributed by atoms with Crippen LogP contribution in [0.15, 0.2) is 18.2 Å². The van der Waals surface area contributed by atoms with Crippen LogP contribution in [-0.4, -0.2) is 25.4 Å². The van der Waals surface area contributed by atoms with Gasteiger partial charge in [0.25, 0.3) is 0 Å². The quantitative estimate of drug-likeness (QED) is 0.793. The lowest BCUT2D eigenvalue weighted by Crippen LogP contribution is -2.07. The zero-order valence-electron chi connectivity index (χ0n) is 9.52. The zero-order valence-corrected chi connectivity index (χ0v) is 10.3. The first-order chi connectivity index (χ1) is 8.24. The fourth-order valence-corrected chi connectivity index (χ4v) is 1.67. The molecule has 0 spiro atoms. The topological polar surface area (TPSA) is 62.5 Å². The van der Waals surface area contributed by atoms with Gasteiger partial charge in [-0.1, -0.05) is 17.7 Å². The van der Waals surface area contributed by atoms with Crippen LogP contribution in [0, 0.1) is 11.3 Å². The Labute approximate surface area is 105 Å². The van der Waals surface area contributed by atoms with Gasteiger partial charge in [-0.25, -0.2) is 0 Å². The summed E-state index contributed by atoms with van der Waals surface area (Å²) in [5.41, 5.74) is 0.525. The number of nitrogens with zero attached hydrogens (tertiary/aromatic N) is 1. The number of nitriles is 1. The third-order valence-electron chi connectivity index (χ3n) is 2.20. The number of aliphatic hydroxyl groups is 1. The van der Waals surface area contributed by atoms with Crippen molar-refractivity contribution in [3.63, 3.8) is 0 Å². The summed E-state index contributed by atoms with van der Waals surface area (Å²) in [6.45, 7) is 0.320. The Morgan fingerprint density at radius 2 is 2.29 bits per heavy atom. The summed E-state index contributed by atoms with van der Waals surface area (Å²) in [7, 11) is 1.51. The smallest absolute Gasteiger partial charge is 0.174 e. The molecule has 0 radical (unpaired) electrons. The molecule has 5 heteroatoms. The SMILES string of the molecule is COc1cccc(Cl)c1C(C#N)OCCCO. The van der Waals surface area contributed by atoms with E-state index in [1.807, 2.05) is 6.07 Å². The van der Waals surface area contributed by atoms with Crippen LogP contribution in [-0.2, 0) is 4.74 Å². The van der Waals surface area contributed by atoms with E-state index in [9.17, 15) is 0 Å². The summed E-state index contributed by atoms with van der Waals surface area (Å²) >= 11 is 6.03. The van der Waals surface area contributed by atoms with E-state index in [1.165, 1.54) is 7.11 Å². The highest BCUT2D eigenvalue weighted by Crippen LogP contribution is 2.33. The molecule has 1 rings (SSSR count). The van der Waals surface area contributed by atoms with Gasteiger partial charge in [0.1, 0.15) is 5.75 Å². The Hall–Kier alpha value is -1.28. The molecule has 0 bridgehead atoms. The van der Waals surface area contributed by atoms with Crippen molar-refractivity contribution in [1.82, 2.24) is 0 Å². The minimum atomic E-state index is -0.787. The molecular weight excluding hydrogens is 242 g/mol. The van der Waals surface area contributed by atoms with Gasteiger partial charge in [0, 0.05) is 6.61 Å². The van der Waals surface area contributed by atoms with E-state index in [4.69, 9.17) is 31.4 Å². The molecule has 0 aliphatic rings. The van der Waals surface area contributed by atoms with Crippen LogP contribution >= 0.6 is 11.6 Å². The second kappa shape index (κ2) is 7.13. The Balaban J connectivity index is 2.91. The summed E-state index contributed by atoms with van der Waals surface area (Å²) in [6, 6.07) is 7.17. The van der Waals surface area contributed by atoms with Crippen molar-refractivity contribution in [1.29, 1.82) is 5.26 Å². The fourth-order valence-electron chi connectivity index (χ4n) is 1.40. The second-order valence-electron chi connectivity index (χ2n) is 3.31. The van der Waals surface area contributed by atoms with Crippen molar-refractivity contribution in [2.45, 2.75) is 12.5 Å². The van der Waals surface area contributed by atoms with Gasteiger partial charge >= 0.3 is 0 Å². The molecule has 17 heavy (non-hydrogen) atoms. The Bertz CT molecular complexity index is 403. The number of hydrogen-bond acceptors (Lipinski definition) is 4. The van der Waals surface area contributed by atoms with Crippen LogP contribution in [0.25, 0.3) is 0 Å². The normalized spacial score (nSPS) is 11.9. The van der Waals surface area contributed by atoms with E-state index in [0.717, 1.165) is 0 Å². The van der Waals surface area contributed by atoms with Crippen LogP contribution in [0.1, 0.15) is 18.1 Å². The summed E-state index contributed by atoms with van der Waals surface area (Å²) < 4.78 is 10.5. The van der Waals surface area contributed by atoms with Gasteiger partial charge in [-0.05, 0) is 18.6 Å². The molecule has 0 aromatic heterocycles. The average molecular weight is 256 g/mol. The molecule has 1 aromatic carbocycles. The predicted molar refractivity (Wildman–Crippen MR) is 64.0 cm³/mol. The van der Waals surface area contributed by atoms with Gasteiger partial charge in [0.2, 0.25) is 0 Å². The molecule has 0 amide bonds. The minimum Gasteiger partial charge on any atom is -0.496 e. The second-order valence-corrected chi connectivity index (χ2v) is 3.72. The summed E-state index contributed by atoms with van der Waals surface area (Å²) in [6.07, 6.45) is -0.310. The molecule has 0 aliphatic carbocycles. The van der Waals surface area contributed by atoms with E-state index in [-0.39, 0.29) is 6.61 Å². The predicted octanol–water partition coefficient (Wildman–Crippen LogP) is 2.31. The van der Waals surface area contributed by atoms with Crippen LogP contribution in [0.2, 0.25) is 5.02 Å². The molecule has 1 N–H and O–H groups in total. The third-order valence-corrected chi connectivity index (χ3v) is 2.53. The van der Waals surface area contributed by atoms with E-state index in [1.54, 1.807) is 18.2 Å². The molecule has 0 saturated heterocycles. The van der Waals surface area contributed by atoms with E-state index < -0.39 is 6.10 Å². The van der Waals surface area contributed by atoms with E-state index in [0.29, 0.717) is 29.4 Å². The largest absolute Gasteiger partial charge is 0.496 e. The number of halogens is 1. The van der Waals surface area contributed by atoms with Crippen molar-refractivity contribution in [2.75, 3.05) is 20.3 Å². The van der Waals surface area contributed by atoms with Crippen molar-refractivity contribution >= 4 is 11.6 Å². The highest BCUT2D eigenvalue weighted by atomic mass is 35.5. The van der Waals surface area contributed by atoms with E-state index in [2.05, 4.69) is 0 Å². The standard InChI is InChI=1S/C12H14ClNO3/c1-16-10-5-2-4-9(13)12(10)11(8-14)17-7-3-6-15/h2,4-5,11,15H,3,6-7H2,1H3. The summed E-state index contributed by atoms with van der Waals surface area (Å²) in [5.74, 6) is 0.521. The van der Waals surface area contributed by atoms with Crippen molar-refractivity contribution in [3.8, 4) is 11.8 Å². The van der Waals surface area contributed by atoms with Gasteiger partial charge in [-0.15, -0.1) is 0 Å². The minimum absolute atomic E-state index is 0.0256. The molecule has 0 heterocycles. The van der Waals surface area contributed by atoms with Crippen molar-refractivity contribution in [2.24, 2.45) is 0 Å². The maximum absolute atomic E-state index is 9.07. The van der Waals surface area contributed by atoms with Crippen molar-refractivity contribution in [3.05, 3.63) is 28.8 Å². The number of benzene rings is 1. The zero-order chi connectivity index (χ0) is 12.7. The number of ether oxygens (including phenoxy) is 2. The number of methoxy groups -OCH3 is 1. The molecule has 92 valence electrons. The number of hydrogen-bond donors (Lipinski definition) is 1. The first-order valence-electron chi connectivity index (χ1n) is 5.19. The molecular formula is C12H14ClNO3. The van der Waals surface area contributed by atoms with Gasteiger partial charge in [0.05, 0.1) is 30.4 Å². The fraction of sp³-hybridized carbons (Fsp3) is 0.417. The van der Waals surface area contributed by atoms with E-state index >= 15 is 0 Å². The molecule has 0 fully saturated rings. The maximum atomic E-state index is 9.07. The number of rotatable bonds is 6. The summed E-state index contributed by atoms with van der Waals surface area (Å²) in [4.78, 5) is 0. The molecule has 1 unspecified atom stereocenters. The molecule has 1 aromatic rings. The highest BCUT2D eigenvalue weighted by molar-refractivity contribution is 6.31. The first kappa shape index (κ1) is 13.8. The van der Waals surface area contributed by atoms with Gasteiger partial charge in [-0.3, -0.25) is 0 Å². The lowest BCUT2D eigenvalue weighted by Gasteiger charge is -2.15. The third kappa shape index (κ3) is 3.60. The molecule has 0 saturated carbocycles. The Morgan fingerprint density at radius 3 is 2.88 bits per heavy atom. The van der Waals surface area contributed by atoms with Crippen LogP contribution in [0.4, 0.5) is 0 Å². The highest BCUT2D eigenvalue weighted by Gasteiger charge is 2.19. The number of aliphatic hydroxyl groups excluding tert-OH is 1. The lowest BCUT2D eigenvalue weighted by atomic mass is 10.1. The van der Waals surface area contributed by atoms with Crippen LogP contribution in [0.5, 0.6) is 5.75 Å². The monoisotopic (exact) mass is 255 g/mol. The Morgan fingerprint density at radius 1 is 1.53 bits per heavy atom. The summed E-state index contributed by atoms with van der Waals surface area (Å²) in [5, 5.41) is 18.2. The van der Waals surface area contributed by atoms with Crippen molar-refractivity contribution < 1.29 is 14.6 Å². The Kier molecular flexibility index (Phi) is 5.78. The lowest BCUT2D eigenvalue weighted by molar-refractivity contribution is 0.0759. The van der Waals surface area contributed by atoms with Gasteiger partial charge in [-0.2, -0.15) is 5.26 Å².